The zero-order valence-corrected chi connectivity index (χ0v) is 15.6. The van der Waals surface area contributed by atoms with Crippen LogP contribution in [0.4, 0.5) is 5.13 Å². The van der Waals surface area contributed by atoms with Crippen LogP contribution in [0.15, 0.2) is 40.5 Å². The molecule has 1 saturated heterocycles. The van der Waals surface area contributed by atoms with Gasteiger partial charge in [0.15, 0.2) is 5.13 Å². The third-order valence-corrected chi connectivity index (χ3v) is 5.28. The fourth-order valence-corrected chi connectivity index (χ4v) is 3.80. The number of H-pyrrole nitrogens is 1. The Morgan fingerprint density at radius 2 is 2.11 bits per heavy atom. The smallest absolute Gasteiger partial charge is 0.252 e. The number of carbonyl (C=O) groups excluding carboxylic acids is 1. The van der Waals surface area contributed by atoms with Gasteiger partial charge in [0, 0.05) is 36.1 Å². The van der Waals surface area contributed by atoms with Gasteiger partial charge in [-0.25, -0.2) is 4.98 Å². The van der Waals surface area contributed by atoms with Gasteiger partial charge >= 0.3 is 0 Å². The highest BCUT2D eigenvalue weighted by Gasteiger charge is 2.14. The van der Waals surface area contributed by atoms with E-state index in [0.717, 1.165) is 49.4 Å². The Bertz CT molecular complexity index is 1010. The summed E-state index contributed by atoms with van der Waals surface area (Å²) < 4.78 is 5.34. The maximum absolute atomic E-state index is 12.3. The van der Waals surface area contributed by atoms with E-state index in [1.165, 1.54) is 11.3 Å². The Hall–Kier alpha value is -2.55. The molecular weight excluding hydrogens is 364 g/mol. The average molecular weight is 384 g/mol. The molecule has 1 amide bonds. The maximum Gasteiger partial charge on any atom is 0.252 e. The van der Waals surface area contributed by atoms with Crippen LogP contribution < -0.4 is 10.9 Å². The van der Waals surface area contributed by atoms with Crippen LogP contribution in [0, 0.1) is 0 Å². The SMILES string of the molecule is O=C(Cc1cc2ccccc2[nH]c1=O)Nc1nc(CN2CCOCC2)cs1. The number of amides is 1. The van der Waals surface area contributed by atoms with Gasteiger partial charge in [0.05, 0.1) is 25.3 Å². The average Bonchev–Trinajstić information content (AvgIpc) is 3.10. The molecule has 3 heterocycles. The van der Waals surface area contributed by atoms with Crippen LogP contribution in [0.1, 0.15) is 11.3 Å². The summed E-state index contributed by atoms with van der Waals surface area (Å²) in [5.74, 6) is -0.247. The lowest BCUT2D eigenvalue weighted by Gasteiger charge is -2.25. The first-order valence-corrected chi connectivity index (χ1v) is 9.71. The second-order valence-electron chi connectivity index (χ2n) is 6.47. The van der Waals surface area contributed by atoms with Gasteiger partial charge < -0.3 is 15.0 Å². The van der Waals surface area contributed by atoms with Crippen LogP contribution in [0.2, 0.25) is 0 Å². The molecule has 0 aliphatic carbocycles. The molecule has 0 radical (unpaired) electrons. The summed E-state index contributed by atoms with van der Waals surface area (Å²) in [6.07, 6.45) is 0.0124. The number of fused-ring (bicyclic) bond motifs is 1. The van der Waals surface area contributed by atoms with E-state index in [1.807, 2.05) is 29.6 Å². The van der Waals surface area contributed by atoms with Gasteiger partial charge in [-0.2, -0.15) is 0 Å². The topological polar surface area (TPSA) is 87.3 Å². The molecular formula is C19H20N4O3S. The number of para-hydroxylation sites is 1. The molecule has 8 heteroatoms. The van der Waals surface area contributed by atoms with Gasteiger partial charge in [0.1, 0.15) is 0 Å². The molecule has 1 fully saturated rings. The molecule has 0 bridgehead atoms. The zero-order valence-electron chi connectivity index (χ0n) is 14.7. The van der Waals surface area contributed by atoms with E-state index in [2.05, 4.69) is 20.2 Å². The number of anilines is 1. The second kappa shape index (κ2) is 7.99. The molecule has 0 atom stereocenters. The molecule has 2 aromatic heterocycles. The minimum Gasteiger partial charge on any atom is -0.379 e. The first-order chi connectivity index (χ1) is 13.2. The third kappa shape index (κ3) is 4.41. The molecule has 27 heavy (non-hydrogen) atoms. The van der Waals surface area contributed by atoms with Crippen molar-refractivity contribution >= 4 is 33.3 Å². The quantitative estimate of drug-likeness (QED) is 0.703. The fraction of sp³-hybridized carbons (Fsp3) is 0.316. The second-order valence-corrected chi connectivity index (χ2v) is 7.33. The first kappa shape index (κ1) is 17.8. The molecule has 0 saturated carbocycles. The number of rotatable bonds is 5. The zero-order chi connectivity index (χ0) is 18.6. The Balaban J connectivity index is 1.39. The van der Waals surface area contributed by atoms with Crippen molar-refractivity contribution < 1.29 is 9.53 Å². The number of nitrogens with zero attached hydrogens (tertiary/aromatic N) is 2. The molecule has 0 spiro atoms. The fourth-order valence-electron chi connectivity index (χ4n) is 3.09. The predicted octanol–water partition coefficient (Wildman–Crippen LogP) is 2.00. The van der Waals surface area contributed by atoms with Crippen LogP contribution in [-0.4, -0.2) is 47.1 Å². The van der Waals surface area contributed by atoms with Gasteiger partial charge in [-0.1, -0.05) is 18.2 Å². The Labute approximate surface area is 160 Å². The Morgan fingerprint density at radius 1 is 1.30 bits per heavy atom. The maximum atomic E-state index is 12.3. The minimum absolute atomic E-state index is 0.0124. The van der Waals surface area contributed by atoms with Gasteiger partial charge in [-0.3, -0.25) is 14.5 Å². The van der Waals surface area contributed by atoms with Crippen molar-refractivity contribution in [1.29, 1.82) is 0 Å². The van der Waals surface area contributed by atoms with Gasteiger partial charge in [-0.15, -0.1) is 11.3 Å². The lowest BCUT2D eigenvalue weighted by molar-refractivity contribution is -0.115. The minimum atomic E-state index is -0.247. The van der Waals surface area contributed by atoms with Crippen LogP contribution >= 0.6 is 11.3 Å². The largest absolute Gasteiger partial charge is 0.379 e. The van der Waals surface area contributed by atoms with E-state index in [4.69, 9.17) is 4.74 Å². The summed E-state index contributed by atoms with van der Waals surface area (Å²) in [5.41, 5.74) is 1.90. The molecule has 1 aliphatic rings. The van der Waals surface area contributed by atoms with E-state index < -0.39 is 0 Å². The van der Waals surface area contributed by atoms with E-state index in [9.17, 15) is 9.59 Å². The number of hydrogen-bond acceptors (Lipinski definition) is 6. The van der Waals surface area contributed by atoms with E-state index in [-0.39, 0.29) is 17.9 Å². The van der Waals surface area contributed by atoms with E-state index in [1.54, 1.807) is 6.07 Å². The molecule has 1 aromatic carbocycles. The summed E-state index contributed by atoms with van der Waals surface area (Å²) in [5, 5.41) is 6.21. The highest BCUT2D eigenvalue weighted by Crippen LogP contribution is 2.18. The molecule has 4 rings (SSSR count). The van der Waals surface area contributed by atoms with Crippen molar-refractivity contribution in [3.63, 3.8) is 0 Å². The predicted molar refractivity (Wildman–Crippen MR) is 105 cm³/mol. The lowest BCUT2D eigenvalue weighted by atomic mass is 10.1. The van der Waals surface area contributed by atoms with Crippen molar-refractivity contribution in [2.75, 3.05) is 31.6 Å². The summed E-state index contributed by atoms with van der Waals surface area (Å²) in [6.45, 7) is 4.02. The summed E-state index contributed by atoms with van der Waals surface area (Å²) >= 11 is 1.40. The molecule has 7 nitrogen and oxygen atoms in total. The number of morpholine rings is 1. The normalized spacial score (nSPS) is 15.1. The number of aromatic amines is 1. The molecule has 1 aliphatic heterocycles. The van der Waals surface area contributed by atoms with Crippen LogP contribution in [0.25, 0.3) is 10.9 Å². The Morgan fingerprint density at radius 3 is 2.96 bits per heavy atom. The van der Waals surface area contributed by atoms with Gasteiger partial charge in [0.25, 0.3) is 5.56 Å². The lowest BCUT2D eigenvalue weighted by Crippen LogP contribution is -2.35. The van der Waals surface area contributed by atoms with Crippen LogP contribution in [-0.2, 0) is 22.5 Å². The summed E-state index contributed by atoms with van der Waals surface area (Å²) in [4.78, 5) is 34.1. The van der Waals surface area contributed by atoms with Crippen molar-refractivity contribution in [3.8, 4) is 0 Å². The molecule has 3 aromatic rings. The van der Waals surface area contributed by atoms with Crippen molar-refractivity contribution in [2.24, 2.45) is 0 Å². The summed E-state index contributed by atoms with van der Waals surface area (Å²) in [6, 6.07) is 9.27. The molecule has 140 valence electrons. The van der Waals surface area contributed by atoms with Gasteiger partial charge in [0.2, 0.25) is 5.91 Å². The third-order valence-electron chi connectivity index (χ3n) is 4.47. The van der Waals surface area contributed by atoms with Crippen LogP contribution in [0.5, 0.6) is 0 Å². The summed E-state index contributed by atoms with van der Waals surface area (Å²) in [7, 11) is 0. The number of nitrogens with one attached hydrogen (secondary N) is 2. The van der Waals surface area contributed by atoms with Crippen molar-refractivity contribution in [1.82, 2.24) is 14.9 Å². The number of thiazole rings is 1. The molecule has 2 N–H and O–H groups in total. The van der Waals surface area contributed by atoms with E-state index in [0.29, 0.717) is 10.7 Å². The highest BCUT2D eigenvalue weighted by molar-refractivity contribution is 7.13. The number of hydrogen-bond donors (Lipinski definition) is 2. The standard InChI is InChI=1S/C19H20N4O3S/c24-17(10-14-9-13-3-1-2-4-16(13)21-18(14)25)22-19-20-15(12-27-19)11-23-5-7-26-8-6-23/h1-4,9,12H,5-8,10-11H2,(H,21,25)(H,20,22,24). The number of aromatic nitrogens is 2. The van der Waals surface area contributed by atoms with Crippen molar-refractivity contribution in [3.05, 3.63) is 57.3 Å². The molecule has 0 unspecified atom stereocenters. The first-order valence-electron chi connectivity index (χ1n) is 8.83. The highest BCUT2D eigenvalue weighted by atomic mass is 32.1. The number of carbonyl (C=O) groups is 1. The van der Waals surface area contributed by atoms with Gasteiger partial charge in [-0.05, 0) is 17.5 Å². The van der Waals surface area contributed by atoms with Crippen LogP contribution in [0.3, 0.4) is 0 Å². The monoisotopic (exact) mass is 384 g/mol. The number of pyridine rings is 1. The number of benzene rings is 1. The van der Waals surface area contributed by atoms with E-state index >= 15 is 0 Å². The number of ether oxygens (including phenoxy) is 1. The Kier molecular flexibility index (Phi) is 5.28. The van der Waals surface area contributed by atoms with Crippen molar-refractivity contribution in [2.45, 2.75) is 13.0 Å².